The molecule has 0 spiro atoms. The Morgan fingerprint density at radius 1 is 1.40 bits per heavy atom. The first kappa shape index (κ1) is 10.2. The summed E-state index contributed by atoms with van der Waals surface area (Å²) >= 11 is 0. The van der Waals surface area contributed by atoms with E-state index in [0.717, 1.165) is 29.7 Å². The van der Waals surface area contributed by atoms with Crippen molar-refractivity contribution in [1.82, 2.24) is 0 Å². The standard InChI is InChI=1S/C13H16O2/c1-3-9(2)15-11-6-4-10-5-7-13(14)12(10)8-11/h4,6,8-9H,3,5,7H2,1-2H3. The van der Waals surface area contributed by atoms with E-state index in [1.165, 1.54) is 0 Å². The predicted molar refractivity (Wildman–Crippen MR) is 59.5 cm³/mol. The van der Waals surface area contributed by atoms with E-state index in [2.05, 4.69) is 6.92 Å². The topological polar surface area (TPSA) is 26.3 Å². The van der Waals surface area contributed by atoms with Crippen molar-refractivity contribution >= 4 is 5.78 Å². The number of benzene rings is 1. The zero-order valence-corrected chi connectivity index (χ0v) is 9.25. The highest BCUT2D eigenvalue weighted by Crippen LogP contribution is 2.26. The lowest BCUT2D eigenvalue weighted by atomic mass is 10.1. The van der Waals surface area contributed by atoms with Crippen molar-refractivity contribution in [3.63, 3.8) is 0 Å². The Labute approximate surface area is 90.3 Å². The van der Waals surface area contributed by atoms with Crippen LogP contribution in [0.1, 0.15) is 42.6 Å². The number of fused-ring (bicyclic) bond motifs is 1. The average molecular weight is 204 g/mol. The van der Waals surface area contributed by atoms with E-state index < -0.39 is 0 Å². The molecule has 1 aromatic carbocycles. The summed E-state index contributed by atoms with van der Waals surface area (Å²) in [5, 5.41) is 0. The fraction of sp³-hybridized carbons (Fsp3) is 0.462. The number of hydrogen-bond acceptors (Lipinski definition) is 2. The van der Waals surface area contributed by atoms with Crippen molar-refractivity contribution < 1.29 is 9.53 Å². The second kappa shape index (κ2) is 4.05. The van der Waals surface area contributed by atoms with Crippen molar-refractivity contribution in [2.45, 2.75) is 39.2 Å². The molecular formula is C13H16O2. The van der Waals surface area contributed by atoms with Crippen LogP contribution in [0.2, 0.25) is 0 Å². The van der Waals surface area contributed by atoms with E-state index in [-0.39, 0.29) is 11.9 Å². The van der Waals surface area contributed by atoms with Crippen molar-refractivity contribution in [1.29, 1.82) is 0 Å². The zero-order valence-electron chi connectivity index (χ0n) is 9.25. The Hall–Kier alpha value is -1.31. The second-order valence-electron chi connectivity index (χ2n) is 4.08. The molecule has 0 bridgehead atoms. The van der Waals surface area contributed by atoms with Crippen LogP contribution < -0.4 is 4.74 Å². The monoisotopic (exact) mass is 204 g/mol. The lowest BCUT2D eigenvalue weighted by Crippen LogP contribution is -2.10. The molecule has 1 aliphatic carbocycles. The van der Waals surface area contributed by atoms with Crippen molar-refractivity contribution in [2.75, 3.05) is 0 Å². The van der Waals surface area contributed by atoms with Crippen LogP contribution in [0.4, 0.5) is 0 Å². The molecule has 0 fully saturated rings. The molecule has 15 heavy (non-hydrogen) atoms. The molecule has 0 saturated carbocycles. The number of ketones is 1. The van der Waals surface area contributed by atoms with Gasteiger partial charge >= 0.3 is 0 Å². The molecule has 2 rings (SSSR count). The lowest BCUT2D eigenvalue weighted by Gasteiger charge is -2.13. The van der Waals surface area contributed by atoms with Crippen LogP contribution >= 0.6 is 0 Å². The van der Waals surface area contributed by atoms with Crippen LogP contribution in [0, 0.1) is 0 Å². The van der Waals surface area contributed by atoms with Crippen molar-refractivity contribution in [3.05, 3.63) is 29.3 Å². The van der Waals surface area contributed by atoms with E-state index in [0.29, 0.717) is 6.42 Å². The Kier molecular flexibility index (Phi) is 2.76. The quantitative estimate of drug-likeness (QED) is 0.756. The lowest BCUT2D eigenvalue weighted by molar-refractivity contribution is 0.0994. The van der Waals surface area contributed by atoms with E-state index in [1.807, 2.05) is 25.1 Å². The third-order valence-corrected chi connectivity index (χ3v) is 2.92. The smallest absolute Gasteiger partial charge is 0.163 e. The molecule has 0 radical (unpaired) electrons. The number of ether oxygens (including phenoxy) is 1. The third kappa shape index (κ3) is 2.04. The van der Waals surface area contributed by atoms with Gasteiger partial charge in [-0.1, -0.05) is 13.0 Å². The van der Waals surface area contributed by atoms with Crippen LogP contribution in [0.5, 0.6) is 5.75 Å². The van der Waals surface area contributed by atoms with Gasteiger partial charge in [0.15, 0.2) is 5.78 Å². The molecular weight excluding hydrogens is 188 g/mol. The summed E-state index contributed by atoms with van der Waals surface area (Å²) in [7, 11) is 0. The highest BCUT2D eigenvalue weighted by molar-refractivity contribution is 6.00. The first-order chi connectivity index (χ1) is 7.20. The summed E-state index contributed by atoms with van der Waals surface area (Å²) in [6, 6.07) is 5.86. The number of aryl methyl sites for hydroxylation is 1. The molecule has 0 aromatic heterocycles. The maximum Gasteiger partial charge on any atom is 0.163 e. The molecule has 0 amide bonds. The number of carbonyl (C=O) groups is 1. The van der Waals surface area contributed by atoms with Gasteiger partial charge in [0.05, 0.1) is 6.10 Å². The minimum Gasteiger partial charge on any atom is -0.491 e. The Morgan fingerprint density at radius 3 is 2.93 bits per heavy atom. The Morgan fingerprint density at radius 2 is 2.20 bits per heavy atom. The van der Waals surface area contributed by atoms with Gasteiger partial charge in [-0.15, -0.1) is 0 Å². The first-order valence-corrected chi connectivity index (χ1v) is 5.53. The molecule has 0 heterocycles. The summed E-state index contributed by atoms with van der Waals surface area (Å²) in [5.41, 5.74) is 2.02. The normalized spacial score (nSPS) is 16.3. The molecule has 1 atom stereocenters. The minimum atomic E-state index is 0.208. The van der Waals surface area contributed by atoms with Crippen molar-refractivity contribution in [3.8, 4) is 5.75 Å². The molecule has 2 nitrogen and oxygen atoms in total. The number of carbonyl (C=O) groups excluding carboxylic acids is 1. The fourth-order valence-electron chi connectivity index (χ4n) is 1.80. The van der Waals surface area contributed by atoms with Gasteiger partial charge in [-0.05, 0) is 37.5 Å². The van der Waals surface area contributed by atoms with Gasteiger partial charge in [0.1, 0.15) is 5.75 Å². The summed E-state index contributed by atoms with van der Waals surface area (Å²) in [6.45, 7) is 4.12. The van der Waals surface area contributed by atoms with Gasteiger partial charge in [0, 0.05) is 12.0 Å². The number of Topliss-reactive ketones (excluding diaryl/α,β-unsaturated/α-hetero) is 1. The highest BCUT2D eigenvalue weighted by atomic mass is 16.5. The Bertz CT molecular complexity index is 382. The van der Waals surface area contributed by atoms with Gasteiger partial charge in [-0.3, -0.25) is 4.79 Å². The minimum absolute atomic E-state index is 0.208. The third-order valence-electron chi connectivity index (χ3n) is 2.92. The first-order valence-electron chi connectivity index (χ1n) is 5.53. The molecule has 1 unspecified atom stereocenters. The molecule has 1 aliphatic rings. The molecule has 1 aromatic rings. The van der Waals surface area contributed by atoms with E-state index >= 15 is 0 Å². The average Bonchev–Trinajstić information content (AvgIpc) is 2.60. The molecule has 0 saturated heterocycles. The van der Waals surface area contributed by atoms with Crippen LogP contribution in [-0.2, 0) is 6.42 Å². The summed E-state index contributed by atoms with van der Waals surface area (Å²) in [4.78, 5) is 11.5. The summed E-state index contributed by atoms with van der Waals surface area (Å²) in [5.74, 6) is 1.07. The fourth-order valence-corrected chi connectivity index (χ4v) is 1.80. The predicted octanol–water partition coefficient (Wildman–Crippen LogP) is 2.99. The number of hydrogen-bond donors (Lipinski definition) is 0. The van der Waals surface area contributed by atoms with Crippen LogP contribution in [0.3, 0.4) is 0 Å². The molecule has 0 aliphatic heterocycles. The van der Waals surface area contributed by atoms with Gasteiger partial charge in [-0.25, -0.2) is 0 Å². The van der Waals surface area contributed by atoms with Crippen molar-refractivity contribution in [2.24, 2.45) is 0 Å². The Balaban J connectivity index is 2.22. The van der Waals surface area contributed by atoms with E-state index in [4.69, 9.17) is 4.74 Å². The zero-order chi connectivity index (χ0) is 10.8. The SMILES string of the molecule is CCC(C)Oc1ccc2c(c1)C(=O)CC2. The molecule has 2 heteroatoms. The highest BCUT2D eigenvalue weighted by Gasteiger charge is 2.19. The van der Waals surface area contributed by atoms with Crippen LogP contribution in [0.15, 0.2) is 18.2 Å². The second-order valence-corrected chi connectivity index (χ2v) is 4.08. The maximum absolute atomic E-state index is 11.5. The van der Waals surface area contributed by atoms with Gasteiger partial charge in [0.25, 0.3) is 0 Å². The van der Waals surface area contributed by atoms with Crippen LogP contribution in [-0.4, -0.2) is 11.9 Å². The number of rotatable bonds is 3. The van der Waals surface area contributed by atoms with Gasteiger partial charge < -0.3 is 4.74 Å². The summed E-state index contributed by atoms with van der Waals surface area (Å²) < 4.78 is 5.68. The largest absolute Gasteiger partial charge is 0.491 e. The summed E-state index contributed by atoms with van der Waals surface area (Å²) in [6.07, 6.45) is 2.73. The van der Waals surface area contributed by atoms with Gasteiger partial charge in [-0.2, -0.15) is 0 Å². The molecule has 80 valence electrons. The maximum atomic E-state index is 11.5. The molecule has 0 N–H and O–H groups in total. The van der Waals surface area contributed by atoms with Crippen LogP contribution in [0.25, 0.3) is 0 Å². The van der Waals surface area contributed by atoms with E-state index in [1.54, 1.807) is 0 Å². The van der Waals surface area contributed by atoms with Gasteiger partial charge in [0.2, 0.25) is 0 Å². The van der Waals surface area contributed by atoms with E-state index in [9.17, 15) is 4.79 Å².